The highest BCUT2D eigenvalue weighted by Crippen LogP contribution is 2.30. The number of hydrogen-bond donors (Lipinski definition) is 0. The van der Waals surface area contributed by atoms with E-state index in [9.17, 15) is 18.0 Å². The van der Waals surface area contributed by atoms with Crippen molar-refractivity contribution < 1.29 is 13.2 Å². The zero-order valence-corrected chi connectivity index (χ0v) is 11.6. The highest BCUT2D eigenvalue weighted by atomic mass is 35.5. The van der Waals surface area contributed by atoms with Crippen LogP contribution in [0.3, 0.4) is 0 Å². The van der Waals surface area contributed by atoms with E-state index >= 15 is 0 Å². The Balaban J connectivity index is 2.67. The second-order valence-electron chi connectivity index (χ2n) is 3.68. The standard InChI is InChI=1S/C11H4Cl3F3N2O/c12-7-8(13)10(20)19(18-9(7)14)6-3-1-2-5(4-6)11(15,16)17/h1-4H. The fraction of sp³-hybridized carbons (Fsp3) is 0.0909. The molecule has 1 aromatic heterocycles. The van der Waals surface area contributed by atoms with Crippen LogP contribution in [0.4, 0.5) is 13.2 Å². The number of halogens is 6. The van der Waals surface area contributed by atoms with Gasteiger partial charge in [-0.2, -0.15) is 23.0 Å². The van der Waals surface area contributed by atoms with Crippen LogP contribution in [-0.4, -0.2) is 9.78 Å². The molecule has 0 radical (unpaired) electrons. The Morgan fingerprint density at radius 3 is 2.35 bits per heavy atom. The van der Waals surface area contributed by atoms with Gasteiger partial charge >= 0.3 is 6.18 Å². The summed E-state index contributed by atoms with van der Waals surface area (Å²) in [7, 11) is 0. The van der Waals surface area contributed by atoms with Gasteiger partial charge in [-0.1, -0.05) is 40.9 Å². The number of alkyl halides is 3. The predicted molar refractivity (Wildman–Crippen MR) is 69.9 cm³/mol. The molecule has 0 saturated carbocycles. The van der Waals surface area contributed by atoms with Crippen molar-refractivity contribution in [2.75, 3.05) is 0 Å². The minimum atomic E-state index is -4.54. The highest BCUT2D eigenvalue weighted by Gasteiger charge is 2.30. The van der Waals surface area contributed by atoms with E-state index in [0.717, 1.165) is 18.2 Å². The first kappa shape index (κ1) is 15.2. The Morgan fingerprint density at radius 2 is 1.75 bits per heavy atom. The minimum absolute atomic E-state index is 0.120. The maximum atomic E-state index is 12.6. The third-order valence-electron chi connectivity index (χ3n) is 2.36. The molecule has 0 N–H and O–H groups in total. The third kappa shape index (κ3) is 2.77. The SMILES string of the molecule is O=c1c(Cl)c(Cl)c(Cl)nn1-c1cccc(C(F)(F)F)c1. The molecule has 0 aliphatic carbocycles. The van der Waals surface area contributed by atoms with E-state index in [2.05, 4.69) is 5.10 Å². The van der Waals surface area contributed by atoms with Gasteiger partial charge in [-0.15, -0.1) is 0 Å². The summed E-state index contributed by atoms with van der Waals surface area (Å²) in [5, 5.41) is 2.67. The van der Waals surface area contributed by atoms with Gasteiger partial charge in [-0.05, 0) is 18.2 Å². The zero-order chi connectivity index (χ0) is 15.1. The molecular weight excluding hydrogens is 339 g/mol. The molecule has 1 heterocycles. The van der Waals surface area contributed by atoms with Gasteiger partial charge in [0, 0.05) is 0 Å². The lowest BCUT2D eigenvalue weighted by atomic mass is 10.2. The first-order valence-electron chi connectivity index (χ1n) is 5.03. The summed E-state index contributed by atoms with van der Waals surface area (Å²) in [6.07, 6.45) is -4.54. The summed E-state index contributed by atoms with van der Waals surface area (Å²) in [5.74, 6) is 0. The van der Waals surface area contributed by atoms with E-state index < -0.39 is 22.3 Å². The topological polar surface area (TPSA) is 34.9 Å². The van der Waals surface area contributed by atoms with Crippen LogP contribution in [0.2, 0.25) is 15.2 Å². The average Bonchev–Trinajstić information content (AvgIpc) is 2.40. The van der Waals surface area contributed by atoms with E-state index in [1.807, 2.05) is 0 Å². The van der Waals surface area contributed by atoms with E-state index in [1.54, 1.807) is 0 Å². The summed E-state index contributed by atoms with van der Waals surface area (Å²) >= 11 is 16.9. The maximum Gasteiger partial charge on any atom is 0.416 e. The van der Waals surface area contributed by atoms with Gasteiger partial charge in [0.15, 0.2) is 5.15 Å². The molecule has 106 valence electrons. The molecule has 9 heteroatoms. The molecule has 1 aromatic carbocycles. The molecule has 0 saturated heterocycles. The molecule has 0 bridgehead atoms. The van der Waals surface area contributed by atoms with Crippen molar-refractivity contribution in [1.29, 1.82) is 0 Å². The van der Waals surface area contributed by atoms with Crippen molar-refractivity contribution in [3.05, 3.63) is 55.4 Å². The normalized spacial score (nSPS) is 11.7. The molecule has 2 rings (SSSR count). The molecule has 0 atom stereocenters. The Labute approximate surface area is 125 Å². The largest absolute Gasteiger partial charge is 0.416 e. The van der Waals surface area contributed by atoms with Crippen LogP contribution in [0.25, 0.3) is 5.69 Å². The number of nitrogens with zero attached hydrogens (tertiary/aromatic N) is 2. The third-order valence-corrected chi connectivity index (χ3v) is 3.54. The first-order chi connectivity index (χ1) is 9.21. The van der Waals surface area contributed by atoms with Crippen molar-refractivity contribution in [2.45, 2.75) is 6.18 Å². The molecule has 0 aliphatic rings. The van der Waals surface area contributed by atoms with Crippen LogP contribution in [0.5, 0.6) is 0 Å². The van der Waals surface area contributed by atoms with Gasteiger partial charge < -0.3 is 0 Å². The zero-order valence-electron chi connectivity index (χ0n) is 9.38. The van der Waals surface area contributed by atoms with Crippen molar-refractivity contribution in [1.82, 2.24) is 9.78 Å². The van der Waals surface area contributed by atoms with Gasteiger partial charge in [-0.25, -0.2) is 0 Å². The van der Waals surface area contributed by atoms with Gasteiger partial charge in [0.25, 0.3) is 5.56 Å². The van der Waals surface area contributed by atoms with Gasteiger partial charge in [0.1, 0.15) is 10.0 Å². The van der Waals surface area contributed by atoms with Crippen molar-refractivity contribution >= 4 is 34.8 Å². The van der Waals surface area contributed by atoms with E-state index in [-0.39, 0.29) is 15.9 Å². The molecule has 0 spiro atoms. The van der Waals surface area contributed by atoms with E-state index in [1.165, 1.54) is 6.07 Å². The molecule has 20 heavy (non-hydrogen) atoms. The minimum Gasteiger partial charge on any atom is -0.266 e. The van der Waals surface area contributed by atoms with Gasteiger partial charge in [-0.3, -0.25) is 4.79 Å². The second-order valence-corrected chi connectivity index (χ2v) is 4.80. The second kappa shape index (κ2) is 5.27. The molecule has 0 amide bonds. The maximum absolute atomic E-state index is 12.6. The molecule has 2 aromatic rings. The summed E-state index contributed by atoms with van der Waals surface area (Å²) in [4.78, 5) is 11.8. The van der Waals surface area contributed by atoms with Crippen molar-refractivity contribution in [3.63, 3.8) is 0 Å². The van der Waals surface area contributed by atoms with Gasteiger partial charge in [0.2, 0.25) is 0 Å². The number of aromatic nitrogens is 2. The van der Waals surface area contributed by atoms with Crippen LogP contribution in [0.15, 0.2) is 29.1 Å². The number of benzene rings is 1. The quantitative estimate of drug-likeness (QED) is 0.777. The smallest absolute Gasteiger partial charge is 0.266 e. The lowest BCUT2D eigenvalue weighted by Gasteiger charge is -2.10. The summed E-state index contributed by atoms with van der Waals surface area (Å²) in [6, 6.07) is 4.04. The van der Waals surface area contributed by atoms with Crippen LogP contribution < -0.4 is 5.56 Å². The summed E-state index contributed by atoms with van der Waals surface area (Å²) in [6.45, 7) is 0. The number of hydrogen-bond acceptors (Lipinski definition) is 2. The van der Waals surface area contributed by atoms with Crippen LogP contribution in [0.1, 0.15) is 5.56 Å². The fourth-order valence-corrected chi connectivity index (χ4v) is 1.95. The molecule has 3 nitrogen and oxygen atoms in total. The van der Waals surface area contributed by atoms with Crippen molar-refractivity contribution in [2.24, 2.45) is 0 Å². The summed E-state index contributed by atoms with van der Waals surface area (Å²) in [5.41, 5.74) is -1.91. The molecular formula is C11H4Cl3F3N2O. The van der Waals surface area contributed by atoms with E-state index in [0.29, 0.717) is 4.68 Å². The fourth-order valence-electron chi connectivity index (χ4n) is 1.44. The van der Waals surface area contributed by atoms with Crippen LogP contribution >= 0.6 is 34.8 Å². The Kier molecular flexibility index (Phi) is 4.00. The Hall–Kier alpha value is -1.24. The Bertz CT molecular complexity index is 728. The van der Waals surface area contributed by atoms with Crippen molar-refractivity contribution in [3.8, 4) is 5.69 Å². The molecule has 0 unspecified atom stereocenters. The monoisotopic (exact) mass is 342 g/mol. The van der Waals surface area contributed by atoms with E-state index in [4.69, 9.17) is 34.8 Å². The Morgan fingerprint density at radius 1 is 1.10 bits per heavy atom. The summed E-state index contributed by atoms with van der Waals surface area (Å²) < 4.78 is 38.5. The molecule has 0 aliphatic heterocycles. The highest BCUT2D eigenvalue weighted by molar-refractivity contribution is 6.47. The first-order valence-corrected chi connectivity index (χ1v) is 6.16. The van der Waals surface area contributed by atoms with Crippen LogP contribution in [0, 0.1) is 0 Å². The average molecular weight is 344 g/mol. The number of rotatable bonds is 1. The van der Waals surface area contributed by atoms with Gasteiger partial charge in [0.05, 0.1) is 11.3 Å². The predicted octanol–water partition coefficient (Wildman–Crippen LogP) is 4.21. The molecule has 0 fully saturated rings. The lowest BCUT2D eigenvalue weighted by molar-refractivity contribution is -0.137. The lowest BCUT2D eigenvalue weighted by Crippen LogP contribution is -2.22. The van der Waals surface area contributed by atoms with Crippen LogP contribution in [-0.2, 0) is 6.18 Å².